The van der Waals surface area contributed by atoms with E-state index in [1.54, 1.807) is 0 Å². The molecule has 2 heterocycles. The molecule has 1 aliphatic rings. The molecule has 7 aromatic carbocycles. The fourth-order valence-corrected chi connectivity index (χ4v) is 8.22. The molecule has 0 spiro atoms. The largest absolute Gasteiger partial charge is 0.307 e. The van der Waals surface area contributed by atoms with Crippen LogP contribution < -0.4 is 4.90 Å². The molecule has 0 N–H and O–H groups in total. The van der Waals surface area contributed by atoms with Gasteiger partial charge in [-0.1, -0.05) is 115 Å². The fourth-order valence-electron chi connectivity index (χ4n) is 6.87. The molecule has 1 atom stereocenters. The van der Waals surface area contributed by atoms with E-state index in [-0.39, 0.29) is 0 Å². The lowest BCUT2D eigenvalue weighted by atomic mass is 9.98. The van der Waals surface area contributed by atoms with Crippen LogP contribution in [0, 0.1) is 0 Å². The van der Waals surface area contributed by atoms with Crippen LogP contribution in [0.15, 0.2) is 180 Å². The standard InChI is InChI=1S/C42H28N2OS/c45-46-39-23-13-12-22-38(39)43(33-18-8-3-9-19-33)42-40(46)25-24-36-35-20-10-11-21-37(35)44(41(36)42)34-27-31(29-14-4-1-5-15-29)26-32(28-34)30-16-6-2-7-17-30/h1-28H. The SMILES string of the molecule is O=S1c2ccccc2N(c2ccccc2)c2c1ccc1c3ccccc3n(-c3cc(-c4ccccc4)cc(-c4ccccc4)c3)c21. The van der Waals surface area contributed by atoms with Gasteiger partial charge in [0, 0.05) is 22.1 Å². The molecule has 1 aromatic heterocycles. The van der Waals surface area contributed by atoms with Crippen molar-refractivity contribution in [2.75, 3.05) is 4.90 Å². The summed E-state index contributed by atoms with van der Waals surface area (Å²) in [6.07, 6.45) is 0. The first kappa shape index (κ1) is 26.7. The molecule has 3 nitrogen and oxygen atoms in total. The van der Waals surface area contributed by atoms with E-state index in [9.17, 15) is 4.21 Å². The van der Waals surface area contributed by atoms with E-state index in [1.165, 1.54) is 0 Å². The van der Waals surface area contributed by atoms with Crippen molar-refractivity contribution in [1.82, 2.24) is 4.57 Å². The Balaban J connectivity index is 1.43. The highest BCUT2D eigenvalue weighted by atomic mass is 32.2. The first-order valence-electron chi connectivity index (χ1n) is 15.4. The van der Waals surface area contributed by atoms with Crippen LogP contribution in [0.5, 0.6) is 0 Å². The van der Waals surface area contributed by atoms with E-state index in [0.29, 0.717) is 0 Å². The summed E-state index contributed by atoms with van der Waals surface area (Å²) in [4.78, 5) is 3.92. The molecule has 0 aliphatic carbocycles. The van der Waals surface area contributed by atoms with Crippen LogP contribution in [0.25, 0.3) is 49.7 Å². The summed E-state index contributed by atoms with van der Waals surface area (Å²) < 4.78 is 16.7. The Morgan fingerprint density at radius 1 is 0.435 bits per heavy atom. The molecule has 218 valence electrons. The van der Waals surface area contributed by atoms with Crippen molar-refractivity contribution in [1.29, 1.82) is 0 Å². The van der Waals surface area contributed by atoms with Crippen molar-refractivity contribution < 1.29 is 4.21 Å². The number of nitrogens with zero attached hydrogens (tertiary/aromatic N) is 2. The Labute approximate surface area is 270 Å². The number of fused-ring (bicyclic) bond motifs is 6. The van der Waals surface area contributed by atoms with E-state index in [2.05, 4.69) is 155 Å². The Hall–Kier alpha value is -5.71. The van der Waals surface area contributed by atoms with Gasteiger partial charge in [0.15, 0.2) is 0 Å². The summed E-state index contributed by atoms with van der Waals surface area (Å²) in [6, 6.07) is 59.3. The normalized spacial score (nSPS) is 13.9. The third-order valence-corrected chi connectivity index (χ3v) is 10.4. The van der Waals surface area contributed by atoms with Gasteiger partial charge in [0.25, 0.3) is 0 Å². The molecular weight excluding hydrogens is 581 g/mol. The van der Waals surface area contributed by atoms with Gasteiger partial charge in [0.05, 0.1) is 43.0 Å². The number of anilines is 3. The number of para-hydroxylation sites is 3. The molecule has 0 fully saturated rings. The van der Waals surface area contributed by atoms with E-state index in [4.69, 9.17) is 0 Å². The molecule has 1 unspecified atom stereocenters. The molecule has 0 bridgehead atoms. The van der Waals surface area contributed by atoms with Gasteiger partial charge in [-0.15, -0.1) is 0 Å². The van der Waals surface area contributed by atoms with Crippen LogP contribution in [0.4, 0.5) is 17.1 Å². The predicted molar refractivity (Wildman–Crippen MR) is 191 cm³/mol. The van der Waals surface area contributed by atoms with E-state index in [1.807, 2.05) is 24.3 Å². The van der Waals surface area contributed by atoms with Crippen LogP contribution in [-0.4, -0.2) is 8.78 Å². The zero-order valence-corrected chi connectivity index (χ0v) is 25.7. The molecule has 0 amide bonds. The van der Waals surface area contributed by atoms with Crippen LogP contribution in [0.1, 0.15) is 0 Å². The summed E-state index contributed by atoms with van der Waals surface area (Å²) in [7, 11) is -1.35. The Bertz CT molecular complexity index is 2370. The predicted octanol–water partition coefficient (Wildman–Crippen LogP) is 11.1. The molecule has 0 saturated heterocycles. The molecule has 8 aromatic rings. The van der Waals surface area contributed by atoms with Crippen LogP contribution >= 0.6 is 0 Å². The first-order valence-corrected chi connectivity index (χ1v) is 16.6. The highest BCUT2D eigenvalue weighted by Crippen LogP contribution is 2.51. The lowest BCUT2D eigenvalue weighted by Gasteiger charge is -2.33. The number of aromatic nitrogens is 1. The topological polar surface area (TPSA) is 25.2 Å². The minimum Gasteiger partial charge on any atom is -0.307 e. The molecular formula is C42H28N2OS. The smallest absolute Gasteiger partial charge is 0.0893 e. The highest BCUT2D eigenvalue weighted by Gasteiger charge is 2.33. The quantitative estimate of drug-likeness (QED) is 0.199. The van der Waals surface area contributed by atoms with Crippen molar-refractivity contribution in [3.63, 3.8) is 0 Å². The fraction of sp³-hybridized carbons (Fsp3) is 0. The van der Waals surface area contributed by atoms with Crippen molar-refractivity contribution >= 4 is 49.7 Å². The lowest BCUT2D eigenvalue weighted by Crippen LogP contribution is -2.20. The average Bonchev–Trinajstić information content (AvgIpc) is 3.47. The highest BCUT2D eigenvalue weighted by molar-refractivity contribution is 7.85. The van der Waals surface area contributed by atoms with Gasteiger partial charge in [-0.05, 0) is 76.9 Å². The van der Waals surface area contributed by atoms with Gasteiger partial charge in [-0.2, -0.15) is 0 Å². The maximum absolute atomic E-state index is 14.3. The number of benzene rings is 7. The summed E-state index contributed by atoms with van der Waals surface area (Å²) in [5, 5.41) is 2.28. The summed E-state index contributed by atoms with van der Waals surface area (Å²) >= 11 is 0. The number of rotatable bonds is 4. The van der Waals surface area contributed by atoms with Crippen molar-refractivity contribution in [3.05, 3.63) is 170 Å². The van der Waals surface area contributed by atoms with Gasteiger partial charge in [0.1, 0.15) is 0 Å². The zero-order valence-electron chi connectivity index (χ0n) is 24.9. The van der Waals surface area contributed by atoms with Gasteiger partial charge < -0.3 is 9.47 Å². The maximum Gasteiger partial charge on any atom is 0.0893 e. The molecule has 9 rings (SSSR count). The Morgan fingerprint density at radius 2 is 1.02 bits per heavy atom. The zero-order chi connectivity index (χ0) is 30.6. The maximum atomic E-state index is 14.3. The third-order valence-electron chi connectivity index (χ3n) is 8.91. The first-order chi connectivity index (χ1) is 22.8. The second-order valence-electron chi connectivity index (χ2n) is 11.6. The van der Waals surface area contributed by atoms with E-state index < -0.39 is 10.8 Å². The van der Waals surface area contributed by atoms with E-state index >= 15 is 0 Å². The molecule has 46 heavy (non-hydrogen) atoms. The van der Waals surface area contributed by atoms with E-state index in [0.717, 1.165) is 76.6 Å². The molecule has 0 saturated carbocycles. The van der Waals surface area contributed by atoms with Crippen LogP contribution in [0.3, 0.4) is 0 Å². The second-order valence-corrected chi connectivity index (χ2v) is 13.0. The monoisotopic (exact) mass is 608 g/mol. The van der Waals surface area contributed by atoms with Gasteiger partial charge in [-0.25, -0.2) is 4.21 Å². The number of hydrogen-bond donors (Lipinski definition) is 0. The molecule has 0 radical (unpaired) electrons. The average molecular weight is 609 g/mol. The minimum atomic E-state index is -1.35. The van der Waals surface area contributed by atoms with Crippen molar-refractivity contribution in [2.24, 2.45) is 0 Å². The minimum absolute atomic E-state index is 0.807. The second kappa shape index (κ2) is 10.7. The van der Waals surface area contributed by atoms with Crippen molar-refractivity contribution in [2.45, 2.75) is 9.79 Å². The molecule has 1 aliphatic heterocycles. The Morgan fingerprint density at radius 3 is 1.72 bits per heavy atom. The summed E-state index contributed by atoms with van der Waals surface area (Å²) in [5.41, 5.74) is 10.7. The summed E-state index contributed by atoms with van der Waals surface area (Å²) in [6.45, 7) is 0. The lowest BCUT2D eigenvalue weighted by molar-refractivity contribution is 0.682. The van der Waals surface area contributed by atoms with Crippen molar-refractivity contribution in [3.8, 4) is 27.9 Å². The number of hydrogen-bond acceptors (Lipinski definition) is 2. The molecule has 4 heteroatoms. The Kier molecular flexibility index (Phi) is 6.22. The summed E-state index contributed by atoms with van der Waals surface area (Å²) in [5.74, 6) is 0. The van der Waals surface area contributed by atoms with Gasteiger partial charge in [0.2, 0.25) is 0 Å². The third kappa shape index (κ3) is 4.15. The van der Waals surface area contributed by atoms with Gasteiger partial charge in [-0.3, -0.25) is 0 Å². The van der Waals surface area contributed by atoms with Crippen LogP contribution in [0.2, 0.25) is 0 Å². The van der Waals surface area contributed by atoms with Gasteiger partial charge >= 0.3 is 0 Å². The van der Waals surface area contributed by atoms with Crippen LogP contribution in [-0.2, 0) is 10.8 Å².